The molecule has 1 rings (SSSR count). The van der Waals surface area contributed by atoms with Gasteiger partial charge in [0, 0.05) is 25.2 Å². The largest absolute Gasteiger partial charge is 0.756 e. The molecule has 1 aliphatic rings. The number of likely N-dealkylation sites (N-methyl/N-ethyl adjacent to an activating group) is 1. The third-order valence-corrected chi connectivity index (χ3v) is 11.7. The van der Waals surface area contributed by atoms with Crippen molar-refractivity contribution in [3.63, 3.8) is 0 Å². The second-order valence-corrected chi connectivity index (χ2v) is 18.8. The lowest BCUT2D eigenvalue weighted by Crippen LogP contribution is -2.37. The topological polar surface area (TPSA) is 172 Å². The van der Waals surface area contributed by atoms with Crippen molar-refractivity contribution >= 4 is 19.8 Å². The molecule has 0 amide bonds. The summed E-state index contributed by atoms with van der Waals surface area (Å²) in [6, 6.07) is 0. The highest BCUT2D eigenvalue weighted by molar-refractivity contribution is 7.45. The first kappa shape index (κ1) is 55.1. The number of carbonyl (C=O) groups is 2. The van der Waals surface area contributed by atoms with Crippen molar-refractivity contribution in [2.24, 2.45) is 11.8 Å². The van der Waals surface area contributed by atoms with E-state index in [0.29, 0.717) is 43.1 Å². The molecule has 0 heterocycles. The number of hydrogen-bond donors (Lipinski definition) is 3. The highest BCUT2D eigenvalue weighted by Gasteiger charge is 2.39. The van der Waals surface area contributed by atoms with Crippen molar-refractivity contribution in [2.45, 2.75) is 186 Å². The molecule has 0 aliphatic heterocycles. The van der Waals surface area contributed by atoms with Gasteiger partial charge in [-0.05, 0) is 63.7 Å². The molecule has 1 aliphatic carbocycles. The summed E-state index contributed by atoms with van der Waals surface area (Å²) in [5.41, 5.74) is 0. The SMILES string of the molecule is CCCCCCCC/C=C\CCCCCCCC(=O)OC[C@H](COP(=O)([O-])OCC[N+](C)(C)C)OC(=O)CCC/C=C/C[C@@H]1[C@@H](/C=C/[C@@H](O)CCCCC)[C@H](O)C[C@@H]1O. The molecule has 1 saturated carbocycles. The molecule has 7 atom stereocenters. The summed E-state index contributed by atoms with van der Waals surface area (Å²) in [6.07, 6.45) is 29.8. The zero-order valence-corrected chi connectivity index (χ0v) is 38.4. The van der Waals surface area contributed by atoms with Crippen LogP contribution in [0.1, 0.15) is 162 Å². The molecule has 1 fully saturated rings. The van der Waals surface area contributed by atoms with Gasteiger partial charge < -0.3 is 43.2 Å². The molecule has 0 radical (unpaired) electrons. The maximum Gasteiger partial charge on any atom is 0.306 e. The predicted octanol–water partition coefficient (Wildman–Crippen LogP) is 8.66. The second-order valence-electron chi connectivity index (χ2n) is 17.4. The number of nitrogens with zero attached hydrogens (tertiary/aromatic N) is 1. The second kappa shape index (κ2) is 33.7. The fourth-order valence-electron chi connectivity index (χ4n) is 7.00. The molecule has 344 valence electrons. The minimum absolute atomic E-state index is 0.0464. The Hall–Kier alpha value is -1.89. The first-order chi connectivity index (χ1) is 28.2. The Morgan fingerprint density at radius 2 is 1.32 bits per heavy atom. The van der Waals surface area contributed by atoms with Crippen molar-refractivity contribution in [2.75, 3.05) is 47.5 Å². The summed E-state index contributed by atoms with van der Waals surface area (Å²) in [6.45, 7) is 3.82. The first-order valence-electron chi connectivity index (χ1n) is 23.0. The maximum atomic E-state index is 12.8. The van der Waals surface area contributed by atoms with Crippen molar-refractivity contribution < 1.29 is 57.4 Å². The number of phosphoric acid groups is 1. The Morgan fingerprint density at radius 3 is 1.98 bits per heavy atom. The van der Waals surface area contributed by atoms with Crippen LogP contribution in [0.25, 0.3) is 0 Å². The van der Waals surface area contributed by atoms with Crippen molar-refractivity contribution in [3.8, 4) is 0 Å². The number of carbonyl (C=O) groups excluding carboxylic acids is 2. The van der Waals surface area contributed by atoms with Crippen LogP contribution in [0.5, 0.6) is 0 Å². The van der Waals surface area contributed by atoms with E-state index in [4.69, 9.17) is 18.5 Å². The van der Waals surface area contributed by atoms with Crippen LogP contribution in [0.15, 0.2) is 36.5 Å². The molecular formula is C46H84NO11P. The number of esters is 2. The molecule has 0 spiro atoms. The first-order valence-corrected chi connectivity index (χ1v) is 24.4. The number of phosphoric ester groups is 1. The van der Waals surface area contributed by atoms with Crippen molar-refractivity contribution in [1.29, 1.82) is 0 Å². The Bertz CT molecular complexity index is 1220. The Morgan fingerprint density at radius 1 is 0.746 bits per heavy atom. The van der Waals surface area contributed by atoms with Gasteiger partial charge in [0.2, 0.25) is 0 Å². The van der Waals surface area contributed by atoms with Crippen LogP contribution in [0.2, 0.25) is 0 Å². The van der Waals surface area contributed by atoms with Gasteiger partial charge >= 0.3 is 11.9 Å². The van der Waals surface area contributed by atoms with Gasteiger partial charge in [0.15, 0.2) is 6.10 Å². The van der Waals surface area contributed by atoms with Gasteiger partial charge in [-0.15, -0.1) is 0 Å². The van der Waals surface area contributed by atoms with E-state index in [1.54, 1.807) is 6.08 Å². The Balaban J connectivity index is 2.51. The third kappa shape index (κ3) is 30.7. The van der Waals surface area contributed by atoms with Gasteiger partial charge in [0.1, 0.15) is 19.8 Å². The molecular weight excluding hydrogens is 773 g/mol. The molecule has 59 heavy (non-hydrogen) atoms. The monoisotopic (exact) mass is 858 g/mol. The van der Waals surface area contributed by atoms with E-state index in [9.17, 15) is 34.4 Å². The lowest BCUT2D eigenvalue weighted by Gasteiger charge is -2.28. The lowest BCUT2D eigenvalue weighted by atomic mass is 9.89. The number of allylic oxidation sites excluding steroid dienone is 4. The van der Waals surface area contributed by atoms with Gasteiger partial charge in [-0.1, -0.05) is 121 Å². The molecule has 0 aromatic heterocycles. The van der Waals surface area contributed by atoms with Crippen LogP contribution in [0.3, 0.4) is 0 Å². The number of hydrogen-bond acceptors (Lipinski definition) is 11. The van der Waals surface area contributed by atoms with Crippen molar-refractivity contribution in [3.05, 3.63) is 36.5 Å². The Kier molecular flexibility index (Phi) is 31.5. The number of ether oxygens (including phenoxy) is 2. The highest BCUT2D eigenvalue weighted by Crippen LogP contribution is 2.38. The predicted molar refractivity (Wildman–Crippen MR) is 233 cm³/mol. The fraction of sp³-hybridized carbons (Fsp3) is 0.826. The minimum Gasteiger partial charge on any atom is -0.756 e. The van der Waals surface area contributed by atoms with E-state index in [2.05, 4.69) is 26.0 Å². The van der Waals surface area contributed by atoms with Crippen LogP contribution in [-0.2, 0) is 32.7 Å². The number of quaternary nitrogens is 1. The summed E-state index contributed by atoms with van der Waals surface area (Å²) in [5, 5.41) is 31.4. The van der Waals surface area contributed by atoms with Gasteiger partial charge in [-0.3, -0.25) is 14.2 Å². The standard InChI is InChI=1S/C46H84NO11P/c1-6-8-10-11-12-13-14-15-16-17-18-19-20-21-26-30-45(51)55-37-40(38-57-59(53,54)56-35-34-47(3,4)5)58-46(52)31-27-23-22-25-29-41-42(44(50)36-43(41)49)33-32-39(48)28-24-9-7-2/h15-16,22,25,32-33,39-44,48-50H,6-14,17-21,23-24,26-31,34-38H2,1-5H3/b16-15-,25-22+,33-32+/t39-,40+,41+,42+,43-,44+/m0/s1. The quantitative estimate of drug-likeness (QED) is 0.0180. The molecule has 0 saturated heterocycles. The number of unbranched alkanes of at least 4 members (excludes halogenated alkanes) is 14. The van der Waals surface area contributed by atoms with E-state index in [-0.39, 0.29) is 44.3 Å². The van der Waals surface area contributed by atoms with Crippen LogP contribution in [0, 0.1) is 11.8 Å². The molecule has 0 bridgehead atoms. The van der Waals surface area contributed by atoms with E-state index in [1.165, 1.54) is 38.5 Å². The van der Waals surface area contributed by atoms with Crippen molar-refractivity contribution in [1.82, 2.24) is 0 Å². The molecule has 12 nitrogen and oxygen atoms in total. The highest BCUT2D eigenvalue weighted by atomic mass is 31.2. The molecule has 1 unspecified atom stereocenters. The Labute approximate surface area is 358 Å². The molecule has 13 heteroatoms. The molecule has 0 aromatic carbocycles. The zero-order valence-electron chi connectivity index (χ0n) is 37.5. The molecule has 3 N–H and O–H groups in total. The van der Waals surface area contributed by atoms with E-state index < -0.39 is 50.8 Å². The number of rotatable bonds is 37. The van der Waals surface area contributed by atoms with Crippen LogP contribution in [0.4, 0.5) is 0 Å². The zero-order chi connectivity index (χ0) is 43.8. The average Bonchev–Trinajstić information content (AvgIpc) is 3.44. The van der Waals surface area contributed by atoms with Gasteiger partial charge in [-0.25, -0.2) is 0 Å². The minimum atomic E-state index is -4.70. The van der Waals surface area contributed by atoms with Gasteiger partial charge in [0.25, 0.3) is 7.82 Å². The number of aliphatic hydroxyl groups is 3. The van der Waals surface area contributed by atoms with E-state index >= 15 is 0 Å². The third-order valence-electron chi connectivity index (χ3n) is 10.7. The fourth-order valence-corrected chi connectivity index (χ4v) is 7.72. The van der Waals surface area contributed by atoms with Crippen LogP contribution in [-0.4, -0.2) is 104 Å². The average molecular weight is 858 g/mol. The van der Waals surface area contributed by atoms with Crippen LogP contribution >= 0.6 is 7.82 Å². The summed E-state index contributed by atoms with van der Waals surface area (Å²) >= 11 is 0. The lowest BCUT2D eigenvalue weighted by molar-refractivity contribution is -0.870. The summed E-state index contributed by atoms with van der Waals surface area (Å²) in [5.74, 6) is -1.46. The summed E-state index contributed by atoms with van der Waals surface area (Å²) in [7, 11) is 1.01. The van der Waals surface area contributed by atoms with E-state index in [0.717, 1.165) is 57.8 Å². The summed E-state index contributed by atoms with van der Waals surface area (Å²) < 4.78 is 33.8. The van der Waals surface area contributed by atoms with E-state index in [1.807, 2.05) is 39.4 Å². The normalized spacial score (nSPS) is 20.8. The smallest absolute Gasteiger partial charge is 0.306 e. The maximum absolute atomic E-state index is 12.8. The van der Waals surface area contributed by atoms with Crippen LogP contribution < -0.4 is 4.89 Å². The van der Waals surface area contributed by atoms with Gasteiger partial charge in [0.05, 0.1) is 46.1 Å². The summed E-state index contributed by atoms with van der Waals surface area (Å²) in [4.78, 5) is 37.8. The van der Waals surface area contributed by atoms with Gasteiger partial charge in [-0.2, -0.15) is 0 Å². The number of aliphatic hydroxyl groups excluding tert-OH is 3. The molecule has 0 aromatic rings.